The van der Waals surface area contributed by atoms with E-state index in [9.17, 15) is 9.90 Å². The van der Waals surface area contributed by atoms with Crippen LogP contribution in [0.4, 0.5) is 0 Å². The zero-order chi connectivity index (χ0) is 13.4. The highest BCUT2D eigenvalue weighted by molar-refractivity contribution is 7.99. The van der Waals surface area contributed by atoms with Gasteiger partial charge in [0.05, 0.1) is 0 Å². The molecule has 18 heavy (non-hydrogen) atoms. The molecule has 1 aromatic carbocycles. The van der Waals surface area contributed by atoms with Crippen molar-refractivity contribution in [2.45, 2.75) is 25.2 Å². The number of nitrogens with two attached hydrogens (primary N) is 1. The average Bonchev–Trinajstić information content (AvgIpc) is 2.40. The number of hydrogen-bond donors (Lipinski definition) is 2. The van der Waals surface area contributed by atoms with E-state index in [4.69, 9.17) is 5.73 Å². The van der Waals surface area contributed by atoms with Gasteiger partial charge in [0.2, 0.25) is 0 Å². The summed E-state index contributed by atoms with van der Waals surface area (Å²) in [5, 5.41) is 9.55. The Kier molecular flexibility index (Phi) is 6.22. The third-order valence-electron chi connectivity index (χ3n) is 3.18. The Morgan fingerprint density at radius 1 is 1.39 bits per heavy atom. The van der Waals surface area contributed by atoms with Crippen molar-refractivity contribution in [1.29, 1.82) is 0 Å². The molecule has 0 fully saturated rings. The fourth-order valence-corrected chi connectivity index (χ4v) is 2.70. The topological polar surface area (TPSA) is 63.3 Å². The molecule has 0 bridgehead atoms. The van der Waals surface area contributed by atoms with Gasteiger partial charge in [-0.2, -0.15) is 11.8 Å². The van der Waals surface area contributed by atoms with Crippen LogP contribution in [0.3, 0.4) is 0 Å². The van der Waals surface area contributed by atoms with Gasteiger partial charge in [0.25, 0.3) is 0 Å². The highest BCUT2D eigenvalue weighted by Crippen LogP contribution is 2.29. The van der Waals surface area contributed by atoms with Crippen molar-refractivity contribution in [2.24, 2.45) is 5.73 Å². The summed E-state index contributed by atoms with van der Waals surface area (Å²) in [5.74, 6) is 1.23. The van der Waals surface area contributed by atoms with Crippen LogP contribution in [0.5, 0.6) is 0 Å². The molecule has 0 radical (unpaired) electrons. The molecular formula is C14H21NO2S. The maximum atomic E-state index is 11.6. The summed E-state index contributed by atoms with van der Waals surface area (Å²) >= 11 is 1.83. The molecule has 0 aromatic heterocycles. The third-order valence-corrected chi connectivity index (χ3v) is 4.17. The summed E-state index contributed by atoms with van der Waals surface area (Å²) in [5.41, 5.74) is 5.64. The normalized spacial score (nSPS) is 14.1. The Bertz CT molecular complexity index is 369. The molecular weight excluding hydrogens is 246 g/mol. The van der Waals surface area contributed by atoms with Crippen molar-refractivity contribution in [3.8, 4) is 0 Å². The number of rotatable bonds is 8. The van der Waals surface area contributed by atoms with Crippen LogP contribution in [0, 0.1) is 0 Å². The van der Waals surface area contributed by atoms with Gasteiger partial charge in [-0.1, -0.05) is 37.3 Å². The Hall–Kier alpha value is -1.00. The highest BCUT2D eigenvalue weighted by atomic mass is 32.2. The average molecular weight is 267 g/mol. The molecule has 1 aromatic rings. The quantitative estimate of drug-likeness (QED) is 0.710. The lowest BCUT2D eigenvalue weighted by molar-refractivity contribution is -0.143. The minimum atomic E-state index is -0.935. The molecule has 0 heterocycles. The van der Waals surface area contributed by atoms with Crippen LogP contribution in [0.15, 0.2) is 30.3 Å². The van der Waals surface area contributed by atoms with Crippen LogP contribution in [-0.4, -0.2) is 29.1 Å². The van der Waals surface area contributed by atoms with Gasteiger partial charge in [-0.05, 0) is 29.9 Å². The fourth-order valence-electron chi connectivity index (χ4n) is 2.06. The highest BCUT2D eigenvalue weighted by Gasteiger charge is 2.38. The maximum Gasteiger partial charge on any atom is 0.315 e. The molecule has 3 N–H and O–H groups in total. The standard InChI is InChI=1S/C14H21NO2S/c1-2-18-10-6-9-14(11-15,13(16)17)12-7-4-3-5-8-12/h3-5,7-8H,2,6,9-11,15H2,1H3,(H,16,17). The predicted molar refractivity (Wildman–Crippen MR) is 77.0 cm³/mol. The van der Waals surface area contributed by atoms with Crippen LogP contribution >= 0.6 is 11.8 Å². The van der Waals surface area contributed by atoms with Gasteiger partial charge in [0.15, 0.2) is 0 Å². The number of thioether (sulfide) groups is 1. The van der Waals surface area contributed by atoms with E-state index in [1.54, 1.807) is 0 Å². The van der Waals surface area contributed by atoms with Gasteiger partial charge in [0, 0.05) is 6.54 Å². The number of hydrogen-bond acceptors (Lipinski definition) is 3. The Labute approximate surface area is 113 Å². The van der Waals surface area contributed by atoms with Crippen molar-refractivity contribution in [3.63, 3.8) is 0 Å². The molecule has 0 aliphatic rings. The first-order valence-corrected chi connectivity index (χ1v) is 7.39. The molecule has 100 valence electrons. The van der Waals surface area contributed by atoms with Gasteiger partial charge in [-0.25, -0.2) is 0 Å². The molecule has 0 aliphatic heterocycles. The first-order valence-electron chi connectivity index (χ1n) is 6.24. The SMILES string of the molecule is CCSCCCC(CN)(C(=O)O)c1ccccc1. The number of aliphatic carboxylic acids is 1. The van der Waals surface area contributed by atoms with Gasteiger partial charge in [-0.15, -0.1) is 0 Å². The molecule has 4 heteroatoms. The largest absolute Gasteiger partial charge is 0.481 e. The van der Waals surface area contributed by atoms with Crippen LogP contribution in [-0.2, 0) is 10.2 Å². The first-order chi connectivity index (χ1) is 8.67. The maximum absolute atomic E-state index is 11.6. The summed E-state index contributed by atoms with van der Waals surface area (Å²) in [4.78, 5) is 11.6. The third kappa shape index (κ3) is 3.50. The Morgan fingerprint density at radius 2 is 2.06 bits per heavy atom. The molecule has 0 saturated carbocycles. The van der Waals surface area contributed by atoms with Crippen molar-refractivity contribution in [2.75, 3.05) is 18.1 Å². The molecule has 3 nitrogen and oxygen atoms in total. The number of carboxylic acids is 1. The lowest BCUT2D eigenvalue weighted by Gasteiger charge is -2.28. The van der Waals surface area contributed by atoms with Crippen LogP contribution in [0.2, 0.25) is 0 Å². The second-order valence-corrected chi connectivity index (χ2v) is 5.65. The molecule has 0 spiro atoms. The molecule has 0 amide bonds. The predicted octanol–water partition coefficient (Wildman–Crippen LogP) is 2.50. The minimum Gasteiger partial charge on any atom is -0.481 e. The number of carbonyl (C=O) groups is 1. The summed E-state index contributed by atoms with van der Waals surface area (Å²) in [6.07, 6.45) is 1.47. The van der Waals surface area contributed by atoms with Gasteiger partial charge < -0.3 is 10.8 Å². The Morgan fingerprint density at radius 3 is 2.56 bits per heavy atom. The molecule has 0 saturated heterocycles. The first kappa shape index (κ1) is 15.1. The van der Waals surface area contributed by atoms with E-state index in [0.717, 1.165) is 23.5 Å². The van der Waals surface area contributed by atoms with E-state index >= 15 is 0 Å². The van der Waals surface area contributed by atoms with Gasteiger partial charge in [0.1, 0.15) is 5.41 Å². The van der Waals surface area contributed by atoms with E-state index < -0.39 is 11.4 Å². The van der Waals surface area contributed by atoms with E-state index in [-0.39, 0.29) is 6.54 Å². The zero-order valence-corrected chi connectivity index (χ0v) is 11.6. The lowest BCUT2D eigenvalue weighted by Crippen LogP contribution is -2.43. The molecule has 1 rings (SSSR count). The van der Waals surface area contributed by atoms with Gasteiger partial charge >= 0.3 is 5.97 Å². The van der Waals surface area contributed by atoms with Crippen molar-refractivity contribution in [1.82, 2.24) is 0 Å². The Balaban J connectivity index is 2.85. The van der Waals surface area contributed by atoms with E-state index in [2.05, 4.69) is 6.92 Å². The summed E-state index contributed by atoms with van der Waals surface area (Å²) < 4.78 is 0. The van der Waals surface area contributed by atoms with Crippen molar-refractivity contribution < 1.29 is 9.90 Å². The van der Waals surface area contributed by atoms with E-state index in [0.29, 0.717) is 6.42 Å². The van der Waals surface area contributed by atoms with Crippen LogP contribution < -0.4 is 5.73 Å². The molecule has 1 atom stereocenters. The van der Waals surface area contributed by atoms with Crippen LogP contribution in [0.1, 0.15) is 25.3 Å². The monoisotopic (exact) mass is 267 g/mol. The summed E-state index contributed by atoms with van der Waals surface area (Å²) in [6.45, 7) is 2.25. The fraction of sp³-hybridized carbons (Fsp3) is 0.500. The summed E-state index contributed by atoms with van der Waals surface area (Å²) in [7, 11) is 0. The van der Waals surface area contributed by atoms with Crippen LogP contribution in [0.25, 0.3) is 0 Å². The lowest BCUT2D eigenvalue weighted by atomic mass is 9.77. The zero-order valence-electron chi connectivity index (χ0n) is 10.8. The summed E-state index contributed by atoms with van der Waals surface area (Å²) in [6, 6.07) is 9.33. The van der Waals surface area contributed by atoms with E-state index in [1.165, 1.54) is 0 Å². The van der Waals surface area contributed by atoms with Gasteiger partial charge in [-0.3, -0.25) is 4.79 Å². The second-order valence-electron chi connectivity index (χ2n) is 4.26. The van der Waals surface area contributed by atoms with Crippen molar-refractivity contribution >= 4 is 17.7 Å². The smallest absolute Gasteiger partial charge is 0.315 e. The minimum absolute atomic E-state index is 0.142. The van der Waals surface area contributed by atoms with E-state index in [1.807, 2.05) is 42.1 Å². The number of benzene rings is 1. The molecule has 1 unspecified atom stereocenters. The number of carboxylic acid groups (broad SMARTS) is 1. The van der Waals surface area contributed by atoms with Crippen molar-refractivity contribution in [3.05, 3.63) is 35.9 Å². The molecule has 0 aliphatic carbocycles. The second kappa shape index (κ2) is 7.44.